The molecule has 0 bridgehead atoms. The first kappa shape index (κ1) is 57.0. The van der Waals surface area contributed by atoms with Gasteiger partial charge in [0, 0.05) is 26.1 Å². The fourth-order valence-corrected chi connectivity index (χ4v) is 5.09. The molecule has 9 nitrogen and oxygen atoms in total. The van der Waals surface area contributed by atoms with Crippen molar-refractivity contribution in [3.63, 3.8) is 0 Å². The monoisotopic (exact) mass is 781 g/mol. The highest BCUT2D eigenvalue weighted by atomic mass is 16.5. The maximum Gasteiger partial charge on any atom is 0.303 e. The second kappa shape index (κ2) is 56.0. The van der Waals surface area contributed by atoms with Crippen molar-refractivity contribution in [1.82, 2.24) is 0 Å². The van der Waals surface area contributed by atoms with E-state index in [1.165, 1.54) is 89.9 Å². The number of ether oxygens (including phenoxy) is 3. The Bertz CT molecular complexity index is 793. The van der Waals surface area contributed by atoms with Gasteiger partial charge in [0.15, 0.2) is 0 Å². The molecule has 0 unspecified atom stereocenters. The standard InChI is InChI=1S/2C18H32O2.C10H24N2O3/c2*1-2-3-4-5-6-7-8-9-10-11-12-13-14-15-16-17-18(19)20;11-3-1-5-13-7-9-15-10-8-14-6-2-4-12/h2*6-7,9-10H,2-5,8,11-17H2,1H3,(H,19,20);1-12H2/b2*7-6-,10-9-;. The Hall–Kier alpha value is -2.30. The van der Waals surface area contributed by atoms with Crippen LogP contribution in [0.3, 0.4) is 0 Å². The molecule has 324 valence electrons. The Balaban J connectivity index is -0.000000747. The number of allylic oxidation sites excluding steroid dienone is 8. The van der Waals surface area contributed by atoms with E-state index in [9.17, 15) is 9.59 Å². The predicted molar refractivity (Wildman–Crippen MR) is 234 cm³/mol. The molecule has 0 aliphatic rings. The first-order valence-electron chi connectivity index (χ1n) is 22.1. The van der Waals surface area contributed by atoms with Gasteiger partial charge >= 0.3 is 11.9 Å². The van der Waals surface area contributed by atoms with Crippen molar-refractivity contribution in [3.8, 4) is 0 Å². The van der Waals surface area contributed by atoms with Crippen LogP contribution in [0.4, 0.5) is 0 Å². The van der Waals surface area contributed by atoms with Crippen LogP contribution in [0.1, 0.15) is 181 Å². The summed E-state index contributed by atoms with van der Waals surface area (Å²) in [5.41, 5.74) is 10.6. The number of carboxylic acid groups (broad SMARTS) is 2. The van der Waals surface area contributed by atoms with Gasteiger partial charge in [0.2, 0.25) is 0 Å². The van der Waals surface area contributed by atoms with E-state index in [1.54, 1.807) is 0 Å². The molecule has 0 fully saturated rings. The molecular formula is C46H88N2O7. The van der Waals surface area contributed by atoms with Crippen LogP contribution in [0, 0.1) is 0 Å². The molecule has 0 aromatic heterocycles. The zero-order valence-corrected chi connectivity index (χ0v) is 35.8. The average molecular weight is 781 g/mol. The molecule has 0 aromatic rings. The fourth-order valence-electron chi connectivity index (χ4n) is 5.09. The number of carboxylic acids is 2. The first-order chi connectivity index (χ1) is 27.0. The summed E-state index contributed by atoms with van der Waals surface area (Å²) in [5, 5.41) is 17.0. The van der Waals surface area contributed by atoms with E-state index in [0.717, 1.165) is 64.2 Å². The molecule has 0 radical (unpaired) electrons. The van der Waals surface area contributed by atoms with Gasteiger partial charge in [-0.3, -0.25) is 9.59 Å². The SMILES string of the molecule is CCCCC/C=C\C/C=C\CCCCCCCC(=O)O.CCCCC/C=C\C/C=C\CCCCCCCC(=O)O.NCCCOCCOCCOCCCN. The minimum absolute atomic E-state index is 0.324. The molecule has 9 heteroatoms. The number of hydrogen-bond acceptors (Lipinski definition) is 7. The van der Waals surface area contributed by atoms with E-state index in [2.05, 4.69) is 62.5 Å². The lowest BCUT2D eigenvalue weighted by atomic mass is 10.1. The highest BCUT2D eigenvalue weighted by molar-refractivity contribution is 5.66. The minimum atomic E-state index is -0.671. The Morgan fingerprint density at radius 3 is 1.00 bits per heavy atom. The van der Waals surface area contributed by atoms with Crippen LogP contribution in [0.2, 0.25) is 0 Å². The van der Waals surface area contributed by atoms with E-state index in [1.807, 2.05) is 0 Å². The Labute approximate surface area is 338 Å². The summed E-state index contributed by atoms with van der Waals surface area (Å²) in [6, 6.07) is 0. The molecule has 0 aliphatic carbocycles. The minimum Gasteiger partial charge on any atom is -0.481 e. The lowest BCUT2D eigenvalue weighted by Gasteiger charge is -2.06. The quantitative estimate of drug-likeness (QED) is 0.0351. The Kier molecular flexibility index (Phi) is 58.1. The molecule has 0 heterocycles. The highest BCUT2D eigenvalue weighted by Gasteiger charge is 1.97. The van der Waals surface area contributed by atoms with Gasteiger partial charge in [0.25, 0.3) is 0 Å². The van der Waals surface area contributed by atoms with E-state index in [-0.39, 0.29) is 0 Å². The third-order valence-electron chi connectivity index (χ3n) is 8.41. The number of rotatable bonds is 40. The van der Waals surface area contributed by atoms with E-state index in [4.69, 9.17) is 35.9 Å². The molecular weight excluding hydrogens is 693 g/mol. The summed E-state index contributed by atoms with van der Waals surface area (Å²) in [6.07, 6.45) is 46.4. The van der Waals surface area contributed by atoms with E-state index >= 15 is 0 Å². The van der Waals surface area contributed by atoms with Crippen LogP contribution in [0.5, 0.6) is 0 Å². The molecule has 0 amide bonds. The van der Waals surface area contributed by atoms with Crippen LogP contribution in [-0.2, 0) is 23.8 Å². The number of carbonyl (C=O) groups is 2. The molecule has 0 saturated carbocycles. The lowest BCUT2D eigenvalue weighted by molar-refractivity contribution is -0.138. The van der Waals surface area contributed by atoms with E-state index < -0.39 is 11.9 Å². The molecule has 0 rings (SSSR count). The summed E-state index contributed by atoms with van der Waals surface area (Å²) in [5.74, 6) is -1.34. The van der Waals surface area contributed by atoms with Crippen LogP contribution < -0.4 is 11.5 Å². The summed E-state index contributed by atoms with van der Waals surface area (Å²) in [4.78, 5) is 20.6. The van der Waals surface area contributed by atoms with Crippen LogP contribution >= 0.6 is 0 Å². The number of unbranched alkanes of at least 4 members (excludes halogenated alkanes) is 16. The van der Waals surface area contributed by atoms with Crippen molar-refractivity contribution >= 4 is 11.9 Å². The van der Waals surface area contributed by atoms with Gasteiger partial charge in [0.1, 0.15) is 0 Å². The van der Waals surface area contributed by atoms with Gasteiger partial charge in [-0.25, -0.2) is 0 Å². The Morgan fingerprint density at radius 1 is 0.400 bits per heavy atom. The first-order valence-corrected chi connectivity index (χ1v) is 22.1. The second-order valence-corrected chi connectivity index (χ2v) is 13.9. The van der Waals surface area contributed by atoms with Crippen molar-refractivity contribution in [2.75, 3.05) is 52.7 Å². The van der Waals surface area contributed by atoms with Crippen molar-refractivity contribution in [2.45, 2.75) is 181 Å². The molecule has 0 spiro atoms. The summed E-state index contributed by atoms with van der Waals surface area (Å²) >= 11 is 0. The maximum absolute atomic E-state index is 10.3. The van der Waals surface area contributed by atoms with Crippen LogP contribution in [0.15, 0.2) is 48.6 Å². The Morgan fingerprint density at radius 2 is 0.691 bits per heavy atom. The molecule has 0 atom stereocenters. The topological polar surface area (TPSA) is 154 Å². The van der Waals surface area contributed by atoms with Crippen molar-refractivity contribution in [2.24, 2.45) is 11.5 Å². The summed E-state index contributed by atoms with van der Waals surface area (Å²) in [6.45, 7) is 9.74. The number of aliphatic carboxylic acids is 2. The highest BCUT2D eigenvalue weighted by Crippen LogP contribution is 2.09. The predicted octanol–water partition coefficient (Wildman–Crippen LogP) is 11.5. The van der Waals surface area contributed by atoms with Crippen molar-refractivity contribution < 1.29 is 34.0 Å². The van der Waals surface area contributed by atoms with Crippen molar-refractivity contribution in [1.29, 1.82) is 0 Å². The molecule has 0 aromatic carbocycles. The van der Waals surface area contributed by atoms with Gasteiger partial charge < -0.3 is 35.9 Å². The third-order valence-corrected chi connectivity index (χ3v) is 8.41. The molecule has 0 saturated heterocycles. The molecule has 55 heavy (non-hydrogen) atoms. The largest absolute Gasteiger partial charge is 0.481 e. The van der Waals surface area contributed by atoms with E-state index in [0.29, 0.717) is 65.6 Å². The van der Waals surface area contributed by atoms with Gasteiger partial charge in [-0.1, -0.05) is 127 Å². The van der Waals surface area contributed by atoms with Gasteiger partial charge in [-0.05, 0) is 103 Å². The normalized spacial score (nSPS) is 11.4. The van der Waals surface area contributed by atoms with Gasteiger partial charge in [0.05, 0.1) is 26.4 Å². The second-order valence-electron chi connectivity index (χ2n) is 13.9. The van der Waals surface area contributed by atoms with Crippen LogP contribution in [-0.4, -0.2) is 74.9 Å². The molecule has 0 aliphatic heterocycles. The van der Waals surface area contributed by atoms with Gasteiger partial charge in [-0.15, -0.1) is 0 Å². The third kappa shape index (κ3) is 66.9. The maximum atomic E-state index is 10.3. The smallest absolute Gasteiger partial charge is 0.303 e. The lowest BCUT2D eigenvalue weighted by Crippen LogP contribution is -2.12. The zero-order chi connectivity index (χ0) is 41.0. The zero-order valence-electron chi connectivity index (χ0n) is 35.8. The summed E-state index contributed by atoms with van der Waals surface area (Å²) < 4.78 is 15.8. The van der Waals surface area contributed by atoms with Crippen molar-refractivity contribution in [3.05, 3.63) is 48.6 Å². The number of nitrogens with two attached hydrogens (primary N) is 2. The number of hydrogen-bond donors (Lipinski definition) is 4. The van der Waals surface area contributed by atoms with Crippen LogP contribution in [0.25, 0.3) is 0 Å². The summed E-state index contributed by atoms with van der Waals surface area (Å²) in [7, 11) is 0. The molecule has 6 N–H and O–H groups in total. The van der Waals surface area contributed by atoms with Gasteiger partial charge in [-0.2, -0.15) is 0 Å². The average Bonchev–Trinajstić information content (AvgIpc) is 3.17. The fraction of sp³-hybridized carbons (Fsp3) is 0.783.